The van der Waals surface area contributed by atoms with Gasteiger partial charge in [-0.3, -0.25) is 4.98 Å². The highest BCUT2D eigenvalue weighted by molar-refractivity contribution is 6.31. The molecule has 0 bridgehead atoms. The Morgan fingerprint density at radius 2 is 2.00 bits per heavy atom. The van der Waals surface area contributed by atoms with Crippen LogP contribution in [0.1, 0.15) is 18.1 Å². The zero-order valence-electron chi connectivity index (χ0n) is 11.5. The summed E-state index contributed by atoms with van der Waals surface area (Å²) in [4.78, 5) is 3.83. The zero-order chi connectivity index (χ0) is 15.2. The summed E-state index contributed by atoms with van der Waals surface area (Å²) in [6.45, 7) is 3.02. The number of nitrogens with one attached hydrogen (secondary N) is 1. The Balaban J connectivity index is 2.12. The van der Waals surface area contributed by atoms with Gasteiger partial charge in [0.05, 0.1) is 5.02 Å². The van der Waals surface area contributed by atoms with E-state index in [4.69, 9.17) is 16.3 Å². The van der Waals surface area contributed by atoms with Gasteiger partial charge in [0.2, 0.25) is 0 Å². The lowest BCUT2D eigenvalue weighted by Crippen LogP contribution is -2.12. The first-order valence-electron chi connectivity index (χ1n) is 6.51. The number of pyridine rings is 1. The van der Waals surface area contributed by atoms with Gasteiger partial charge < -0.3 is 10.1 Å². The molecule has 0 aliphatic heterocycles. The Bertz CT molecular complexity index is 599. The molecule has 1 aromatic carbocycles. The van der Waals surface area contributed by atoms with Gasteiger partial charge in [-0.1, -0.05) is 18.5 Å². The van der Waals surface area contributed by atoms with E-state index in [0.717, 1.165) is 6.54 Å². The molecule has 0 saturated carbocycles. The van der Waals surface area contributed by atoms with Crippen molar-refractivity contribution in [3.05, 3.63) is 58.4 Å². The zero-order valence-corrected chi connectivity index (χ0v) is 12.3. The van der Waals surface area contributed by atoms with Crippen LogP contribution in [0, 0.1) is 11.6 Å². The summed E-state index contributed by atoms with van der Waals surface area (Å²) in [6, 6.07) is 4.15. The fourth-order valence-electron chi connectivity index (χ4n) is 1.79. The van der Waals surface area contributed by atoms with E-state index in [9.17, 15) is 8.78 Å². The van der Waals surface area contributed by atoms with Crippen LogP contribution in [0.15, 0.2) is 30.6 Å². The molecule has 2 aromatic rings. The third kappa shape index (κ3) is 4.12. The standard InChI is InChI=1S/C15H15ClF2N2O/c1-2-19-7-10-5-13(17)15(14(18)6-10)21-9-11-3-4-20-8-12(11)16/h3-6,8,19H,2,7,9H2,1H3. The average Bonchev–Trinajstić information content (AvgIpc) is 2.46. The fraction of sp³-hybridized carbons (Fsp3) is 0.267. The third-order valence-electron chi connectivity index (χ3n) is 2.87. The van der Waals surface area contributed by atoms with E-state index < -0.39 is 17.4 Å². The fourth-order valence-corrected chi connectivity index (χ4v) is 1.97. The van der Waals surface area contributed by atoms with Crippen LogP contribution in [-0.2, 0) is 13.2 Å². The number of rotatable bonds is 6. The number of nitrogens with zero attached hydrogens (tertiary/aromatic N) is 1. The SMILES string of the molecule is CCNCc1cc(F)c(OCc2ccncc2Cl)c(F)c1. The summed E-state index contributed by atoms with van der Waals surface area (Å²) in [5, 5.41) is 3.40. The van der Waals surface area contributed by atoms with Crippen molar-refractivity contribution in [3.8, 4) is 5.75 Å². The molecule has 6 heteroatoms. The lowest BCUT2D eigenvalue weighted by molar-refractivity contribution is 0.273. The van der Waals surface area contributed by atoms with Gasteiger partial charge >= 0.3 is 0 Å². The molecule has 0 aliphatic carbocycles. The molecule has 0 spiro atoms. The molecule has 0 aliphatic rings. The first kappa shape index (κ1) is 15.7. The van der Waals surface area contributed by atoms with Crippen LogP contribution in [0.25, 0.3) is 0 Å². The third-order valence-corrected chi connectivity index (χ3v) is 3.21. The van der Waals surface area contributed by atoms with Gasteiger partial charge in [-0.2, -0.15) is 0 Å². The molecule has 2 rings (SSSR count). The molecule has 0 amide bonds. The molecule has 21 heavy (non-hydrogen) atoms. The predicted molar refractivity (Wildman–Crippen MR) is 77.3 cm³/mol. The Labute approximate surface area is 126 Å². The van der Waals surface area contributed by atoms with Crippen molar-refractivity contribution < 1.29 is 13.5 Å². The second kappa shape index (κ2) is 7.33. The summed E-state index contributed by atoms with van der Waals surface area (Å²) in [6.07, 6.45) is 2.99. The first-order valence-corrected chi connectivity index (χ1v) is 6.89. The van der Waals surface area contributed by atoms with Gasteiger partial charge in [0.25, 0.3) is 0 Å². The van der Waals surface area contributed by atoms with Crippen LogP contribution in [0.2, 0.25) is 5.02 Å². The summed E-state index contributed by atoms with van der Waals surface area (Å²) in [5.74, 6) is -1.86. The minimum Gasteiger partial charge on any atom is -0.483 e. The second-order valence-electron chi connectivity index (χ2n) is 4.42. The van der Waals surface area contributed by atoms with E-state index in [2.05, 4.69) is 10.3 Å². The van der Waals surface area contributed by atoms with Crippen LogP contribution < -0.4 is 10.1 Å². The molecule has 0 saturated heterocycles. The Morgan fingerprint density at radius 1 is 1.29 bits per heavy atom. The molecular weight excluding hydrogens is 298 g/mol. The largest absolute Gasteiger partial charge is 0.483 e. The van der Waals surface area contributed by atoms with Gasteiger partial charge in [0.1, 0.15) is 6.61 Å². The summed E-state index contributed by atoms with van der Waals surface area (Å²) in [7, 11) is 0. The highest BCUT2D eigenvalue weighted by Gasteiger charge is 2.13. The van der Waals surface area contributed by atoms with Crippen LogP contribution >= 0.6 is 11.6 Å². The highest BCUT2D eigenvalue weighted by atomic mass is 35.5. The molecular formula is C15H15ClF2N2O. The van der Waals surface area contributed by atoms with Crippen LogP contribution in [0.4, 0.5) is 8.78 Å². The average molecular weight is 313 g/mol. The Morgan fingerprint density at radius 3 is 2.62 bits per heavy atom. The van der Waals surface area contributed by atoms with Crippen LogP contribution in [0.5, 0.6) is 5.75 Å². The molecule has 3 nitrogen and oxygen atoms in total. The lowest BCUT2D eigenvalue weighted by atomic mass is 10.2. The maximum absolute atomic E-state index is 13.9. The number of aromatic nitrogens is 1. The molecule has 1 N–H and O–H groups in total. The summed E-state index contributed by atoms with van der Waals surface area (Å²) >= 11 is 5.91. The minimum absolute atomic E-state index is 0.0260. The second-order valence-corrected chi connectivity index (χ2v) is 4.83. The van der Waals surface area contributed by atoms with Crippen molar-refractivity contribution >= 4 is 11.6 Å². The van der Waals surface area contributed by atoms with Gasteiger partial charge in [-0.25, -0.2) is 8.78 Å². The number of benzene rings is 1. The molecule has 0 radical (unpaired) electrons. The van der Waals surface area contributed by atoms with Crippen molar-refractivity contribution in [3.63, 3.8) is 0 Å². The van der Waals surface area contributed by atoms with E-state index in [-0.39, 0.29) is 6.61 Å². The number of hydrogen-bond donors (Lipinski definition) is 1. The van der Waals surface area contributed by atoms with Crippen molar-refractivity contribution in [1.82, 2.24) is 10.3 Å². The Kier molecular flexibility index (Phi) is 5.47. The predicted octanol–water partition coefficient (Wildman–Crippen LogP) is 3.70. The molecule has 112 valence electrons. The van der Waals surface area contributed by atoms with E-state index in [1.54, 1.807) is 6.07 Å². The van der Waals surface area contributed by atoms with Crippen molar-refractivity contribution in [2.75, 3.05) is 6.54 Å². The van der Waals surface area contributed by atoms with Crippen molar-refractivity contribution in [1.29, 1.82) is 0 Å². The smallest absolute Gasteiger partial charge is 0.191 e. The molecule has 0 unspecified atom stereocenters. The molecule has 1 aromatic heterocycles. The van der Waals surface area contributed by atoms with Gasteiger partial charge in [-0.05, 0) is 30.3 Å². The van der Waals surface area contributed by atoms with Crippen LogP contribution in [-0.4, -0.2) is 11.5 Å². The van der Waals surface area contributed by atoms with Gasteiger partial charge in [0.15, 0.2) is 17.4 Å². The molecule has 0 fully saturated rings. The monoisotopic (exact) mass is 312 g/mol. The van der Waals surface area contributed by atoms with Crippen LogP contribution in [0.3, 0.4) is 0 Å². The maximum atomic E-state index is 13.9. The molecule has 0 atom stereocenters. The maximum Gasteiger partial charge on any atom is 0.191 e. The van der Waals surface area contributed by atoms with Crippen molar-refractivity contribution in [2.45, 2.75) is 20.1 Å². The van der Waals surface area contributed by atoms with E-state index in [1.807, 2.05) is 6.92 Å². The summed E-state index contributed by atoms with van der Waals surface area (Å²) in [5.41, 5.74) is 1.14. The van der Waals surface area contributed by atoms with E-state index in [1.165, 1.54) is 24.5 Å². The normalized spacial score (nSPS) is 10.7. The lowest BCUT2D eigenvalue weighted by Gasteiger charge is -2.11. The van der Waals surface area contributed by atoms with E-state index in [0.29, 0.717) is 22.7 Å². The number of hydrogen-bond acceptors (Lipinski definition) is 3. The Hall–Kier alpha value is -1.72. The highest BCUT2D eigenvalue weighted by Crippen LogP contribution is 2.25. The summed E-state index contributed by atoms with van der Waals surface area (Å²) < 4.78 is 33.0. The molecule has 1 heterocycles. The van der Waals surface area contributed by atoms with Crippen molar-refractivity contribution in [2.24, 2.45) is 0 Å². The topological polar surface area (TPSA) is 34.1 Å². The van der Waals surface area contributed by atoms with Gasteiger partial charge in [-0.15, -0.1) is 0 Å². The first-order chi connectivity index (χ1) is 10.1. The quantitative estimate of drug-likeness (QED) is 0.883. The van der Waals surface area contributed by atoms with Gasteiger partial charge in [0, 0.05) is 24.5 Å². The van der Waals surface area contributed by atoms with E-state index >= 15 is 0 Å². The number of halogens is 3. The minimum atomic E-state index is -0.729. The number of ether oxygens (including phenoxy) is 1.